The number of nitrogens with zero attached hydrogens (tertiary/aromatic N) is 2. The summed E-state index contributed by atoms with van der Waals surface area (Å²) >= 11 is 0. The van der Waals surface area contributed by atoms with E-state index in [1.54, 1.807) is 0 Å². The second-order valence-corrected chi connectivity index (χ2v) is 3.46. The van der Waals surface area contributed by atoms with E-state index in [0.29, 0.717) is 0 Å². The molecule has 0 atom stereocenters. The van der Waals surface area contributed by atoms with Gasteiger partial charge in [0.2, 0.25) is 0 Å². The van der Waals surface area contributed by atoms with Crippen LogP contribution in [0, 0.1) is 11.6 Å². The zero-order chi connectivity index (χ0) is 11.5. The first-order valence-electron chi connectivity index (χ1n) is 4.76. The number of aromatic nitrogens is 1. The summed E-state index contributed by atoms with van der Waals surface area (Å²) in [6.07, 6.45) is 5.25. The molecule has 2 nitrogen and oxygen atoms in total. The number of hydrogen-bond acceptors (Lipinski definition) is 1. The molecular formula is C12H10F2N2. The highest BCUT2D eigenvalue weighted by molar-refractivity contribution is 5.81. The summed E-state index contributed by atoms with van der Waals surface area (Å²) in [7, 11) is 1.88. The smallest absolute Gasteiger partial charge is 0.151 e. The van der Waals surface area contributed by atoms with Gasteiger partial charge < -0.3 is 4.57 Å². The van der Waals surface area contributed by atoms with Crippen LogP contribution in [0.15, 0.2) is 41.7 Å². The Hall–Kier alpha value is -1.97. The third-order valence-corrected chi connectivity index (χ3v) is 2.12. The van der Waals surface area contributed by atoms with Crippen molar-refractivity contribution in [3.8, 4) is 0 Å². The molecule has 16 heavy (non-hydrogen) atoms. The Bertz CT molecular complexity index is 530. The zero-order valence-corrected chi connectivity index (χ0v) is 8.69. The summed E-state index contributed by atoms with van der Waals surface area (Å²) < 4.78 is 27.7. The molecule has 0 radical (unpaired) electrons. The normalized spacial score (nSPS) is 11.2. The second kappa shape index (κ2) is 4.26. The van der Waals surface area contributed by atoms with Gasteiger partial charge in [0.25, 0.3) is 0 Å². The Kier molecular flexibility index (Phi) is 2.81. The van der Waals surface area contributed by atoms with Crippen LogP contribution in [0.1, 0.15) is 5.56 Å². The SMILES string of the molecule is Cn1ccc(C=Nc2ccc(F)cc2F)c1. The fraction of sp³-hybridized carbons (Fsp3) is 0.0833. The minimum absolute atomic E-state index is 0.130. The van der Waals surface area contributed by atoms with Gasteiger partial charge in [-0.15, -0.1) is 0 Å². The van der Waals surface area contributed by atoms with Crippen molar-refractivity contribution in [2.24, 2.45) is 12.0 Å². The van der Waals surface area contributed by atoms with Gasteiger partial charge in [-0.3, -0.25) is 4.99 Å². The molecule has 1 aromatic carbocycles. The third kappa shape index (κ3) is 2.34. The van der Waals surface area contributed by atoms with Gasteiger partial charge in [0.1, 0.15) is 5.82 Å². The molecule has 0 spiro atoms. The van der Waals surface area contributed by atoms with E-state index >= 15 is 0 Å². The van der Waals surface area contributed by atoms with Gasteiger partial charge >= 0.3 is 0 Å². The average Bonchev–Trinajstić information content (AvgIpc) is 2.63. The molecule has 0 unspecified atom stereocenters. The lowest BCUT2D eigenvalue weighted by Gasteiger charge is -1.95. The molecule has 1 aromatic heterocycles. The number of aryl methyl sites for hydroxylation is 1. The minimum atomic E-state index is -0.660. The molecular weight excluding hydrogens is 210 g/mol. The summed E-state index contributed by atoms with van der Waals surface area (Å²) in [5, 5.41) is 0. The van der Waals surface area contributed by atoms with E-state index in [0.717, 1.165) is 11.6 Å². The predicted molar refractivity (Wildman–Crippen MR) is 59.0 cm³/mol. The molecule has 1 heterocycles. The maximum Gasteiger partial charge on any atom is 0.151 e. The summed E-state index contributed by atoms with van der Waals surface area (Å²) in [4.78, 5) is 3.95. The lowest BCUT2D eigenvalue weighted by Crippen LogP contribution is -1.82. The third-order valence-electron chi connectivity index (χ3n) is 2.12. The quantitative estimate of drug-likeness (QED) is 0.692. The van der Waals surface area contributed by atoms with E-state index in [2.05, 4.69) is 4.99 Å². The van der Waals surface area contributed by atoms with Gasteiger partial charge in [0.15, 0.2) is 5.82 Å². The first-order chi connectivity index (χ1) is 7.65. The van der Waals surface area contributed by atoms with Crippen LogP contribution in [0.3, 0.4) is 0 Å². The van der Waals surface area contributed by atoms with Gasteiger partial charge in [-0.25, -0.2) is 8.78 Å². The first kappa shape index (κ1) is 10.5. The highest BCUT2D eigenvalue weighted by Gasteiger charge is 2.01. The molecule has 0 aliphatic carbocycles. The molecule has 2 rings (SSSR count). The van der Waals surface area contributed by atoms with Crippen molar-refractivity contribution in [3.05, 3.63) is 53.9 Å². The van der Waals surface area contributed by atoms with E-state index in [-0.39, 0.29) is 5.69 Å². The molecule has 0 N–H and O–H groups in total. The second-order valence-electron chi connectivity index (χ2n) is 3.46. The molecule has 0 saturated heterocycles. The standard InChI is InChI=1S/C12H10F2N2/c1-16-5-4-9(8-16)7-15-12-3-2-10(13)6-11(12)14/h2-8H,1H3. The average molecular weight is 220 g/mol. The Balaban J connectivity index is 2.23. The Morgan fingerprint density at radius 1 is 1.25 bits per heavy atom. The molecule has 2 aromatic rings. The first-order valence-corrected chi connectivity index (χ1v) is 4.76. The van der Waals surface area contributed by atoms with E-state index in [1.165, 1.54) is 18.3 Å². The van der Waals surface area contributed by atoms with Crippen molar-refractivity contribution in [2.45, 2.75) is 0 Å². The monoisotopic (exact) mass is 220 g/mol. The van der Waals surface area contributed by atoms with E-state index < -0.39 is 11.6 Å². The lowest BCUT2D eigenvalue weighted by atomic mass is 10.3. The topological polar surface area (TPSA) is 17.3 Å². The summed E-state index contributed by atoms with van der Waals surface area (Å²) in [6.45, 7) is 0. The highest BCUT2D eigenvalue weighted by Crippen LogP contribution is 2.18. The molecule has 0 amide bonds. The fourth-order valence-corrected chi connectivity index (χ4v) is 1.33. The summed E-state index contributed by atoms with van der Waals surface area (Å²) in [5.74, 6) is -1.26. The molecule has 4 heteroatoms. The van der Waals surface area contributed by atoms with E-state index in [1.807, 2.05) is 30.1 Å². The van der Waals surface area contributed by atoms with Crippen LogP contribution in [-0.4, -0.2) is 10.8 Å². The Labute approximate surface area is 91.9 Å². The summed E-state index contributed by atoms with van der Waals surface area (Å²) in [5.41, 5.74) is 0.997. The minimum Gasteiger partial charge on any atom is -0.357 e. The maximum absolute atomic E-state index is 13.2. The molecule has 0 bridgehead atoms. The van der Waals surface area contributed by atoms with Gasteiger partial charge in [-0.1, -0.05) is 0 Å². The number of hydrogen-bond donors (Lipinski definition) is 0. The van der Waals surface area contributed by atoms with Crippen LogP contribution in [-0.2, 0) is 7.05 Å². The van der Waals surface area contributed by atoms with Crippen LogP contribution in [0.4, 0.5) is 14.5 Å². The van der Waals surface area contributed by atoms with Gasteiger partial charge in [0, 0.05) is 37.3 Å². The summed E-state index contributed by atoms with van der Waals surface area (Å²) in [6, 6.07) is 5.16. The lowest BCUT2D eigenvalue weighted by molar-refractivity contribution is 0.585. The van der Waals surface area contributed by atoms with E-state index in [4.69, 9.17) is 0 Å². The van der Waals surface area contributed by atoms with E-state index in [9.17, 15) is 8.78 Å². The fourth-order valence-electron chi connectivity index (χ4n) is 1.33. The van der Waals surface area contributed by atoms with Gasteiger partial charge in [0.05, 0.1) is 5.69 Å². The number of halogens is 2. The highest BCUT2D eigenvalue weighted by atomic mass is 19.1. The molecule has 0 aliphatic rings. The van der Waals surface area contributed by atoms with Crippen LogP contribution < -0.4 is 0 Å². The van der Waals surface area contributed by atoms with Crippen LogP contribution >= 0.6 is 0 Å². The molecule has 0 aliphatic heterocycles. The predicted octanol–water partition coefficient (Wildman–Crippen LogP) is 3.05. The van der Waals surface area contributed by atoms with Crippen molar-refractivity contribution in [3.63, 3.8) is 0 Å². The van der Waals surface area contributed by atoms with Crippen molar-refractivity contribution >= 4 is 11.9 Å². The van der Waals surface area contributed by atoms with Gasteiger partial charge in [-0.2, -0.15) is 0 Å². The zero-order valence-electron chi connectivity index (χ0n) is 8.69. The van der Waals surface area contributed by atoms with Gasteiger partial charge in [-0.05, 0) is 18.2 Å². The maximum atomic E-state index is 13.2. The number of benzene rings is 1. The molecule has 82 valence electrons. The van der Waals surface area contributed by atoms with Crippen molar-refractivity contribution in [2.75, 3.05) is 0 Å². The number of aliphatic imine (C=N–C) groups is 1. The molecule has 0 fully saturated rings. The van der Waals surface area contributed by atoms with Crippen LogP contribution in [0.2, 0.25) is 0 Å². The van der Waals surface area contributed by atoms with Crippen molar-refractivity contribution in [1.29, 1.82) is 0 Å². The number of rotatable bonds is 2. The Morgan fingerprint density at radius 3 is 2.69 bits per heavy atom. The van der Waals surface area contributed by atoms with Crippen molar-refractivity contribution in [1.82, 2.24) is 4.57 Å². The molecule has 0 saturated carbocycles. The largest absolute Gasteiger partial charge is 0.357 e. The Morgan fingerprint density at radius 2 is 2.06 bits per heavy atom. The van der Waals surface area contributed by atoms with Crippen molar-refractivity contribution < 1.29 is 8.78 Å². The van der Waals surface area contributed by atoms with Crippen LogP contribution in [0.25, 0.3) is 0 Å². The van der Waals surface area contributed by atoms with Crippen LogP contribution in [0.5, 0.6) is 0 Å².